The van der Waals surface area contributed by atoms with Gasteiger partial charge in [-0.3, -0.25) is 0 Å². The Hall–Kier alpha value is -0.160. The summed E-state index contributed by atoms with van der Waals surface area (Å²) < 4.78 is 5.46. The highest BCUT2D eigenvalue weighted by Gasteiger charge is 2.23. The van der Waals surface area contributed by atoms with Crippen LogP contribution in [0.1, 0.15) is 26.2 Å². The van der Waals surface area contributed by atoms with E-state index >= 15 is 0 Å². The zero-order valence-electron chi connectivity index (χ0n) is 9.61. The van der Waals surface area contributed by atoms with Crippen molar-refractivity contribution in [2.24, 2.45) is 11.7 Å². The maximum atomic E-state index is 8.84. The second kappa shape index (κ2) is 7.17. The first-order valence-corrected chi connectivity index (χ1v) is 5.92. The van der Waals surface area contributed by atoms with Gasteiger partial charge in [0.15, 0.2) is 0 Å². The van der Waals surface area contributed by atoms with E-state index in [2.05, 4.69) is 12.2 Å². The molecular formula is C11H24N2O2. The lowest BCUT2D eigenvalue weighted by Gasteiger charge is -2.32. The molecule has 0 spiro atoms. The largest absolute Gasteiger partial charge is 0.396 e. The molecule has 4 nitrogen and oxygen atoms in total. The van der Waals surface area contributed by atoms with Gasteiger partial charge in [-0.15, -0.1) is 0 Å². The van der Waals surface area contributed by atoms with Crippen molar-refractivity contribution < 1.29 is 9.84 Å². The molecule has 0 aromatic rings. The van der Waals surface area contributed by atoms with Crippen LogP contribution in [-0.2, 0) is 4.74 Å². The Morgan fingerprint density at radius 2 is 2.40 bits per heavy atom. The number of nitrogens with one attached hydrogen (secondary N) is 1. The standard InChI is InChI=1S/C11H24N2O2/c1-9(4-5-14)13-11(7-12)10-3-2-6-15-8-10/h9-11,13-14H,2-8,12H2,1H3. The van der Waals surface area contributed by atoms with E-state index in [4.69, 9.17) is 15.6 Å². The van der Waals surface area contributed by atoms with Crippen LogP contribution < -0.4 is 11.1 Å². The Bertz CT molecular complexity index is 161. The highest BCUT2D eigenvalue weighted by atomic mass is 16.5. The molecule has 4 heteroatoms. The highest BCUT2D eigenvalue weighted by molar-refractivity contribution is 4.81. The molecule has 0 radical (unpaired) electrons. The summed E-state index contributed by atoms with van der Waals surface area (Å²) in [5, 5.41) is 12.3. The summed E-state index contributed by atoms with van der Waals surface area (Å²) in [5.74, 6) is 0.532. The quantitative estimate of drug-likeness (QED) is 0.589. The van der Waals surface area contributed by atoms with Gasteiger partial charge < -0.3 is 20.9 Å². The van der Waals surface area contributed by atoms with Crippen LogP contribution in [0, 0.1) is 5.92 Å². The van der Waals surface area contributed by atoms with E-state index < -0.39 is 0 Å². The lowest BCUT2D eigenvalue weighted by Crippen LogP contribution is -2.48. The maximum absolute atomic E-state index is 8.84. The van der Waals surface area contributed by atoms with E-state index in [9.17, 15) is 0 Å². The molecule has 0 aliphatic carbocycles. The molecule has 0 aromatic heterocycles. The highest BCUT2D eigenvalue weighted by Crippen LogP contribution is 2.17. The Kier molecular flexibility index (Phi) is 6.17. The third kappa shape index (κ3) is 4.47. The maximum Gasteiger partial charge on any atom is 0.0509 e. The van der Waals surface area contributed by atoms with Crippen LogP contribution in [0.25, 0.3) is 0 Å². The molecular weight excluding hydrogens is 192 g/mol. The smallest absolute Gasteiger partial charge is 0.0509 e. The van der Waals surface area contributed by atoms with E-state index in [1.807, 2.05) is 0 Å². The van der Waals surface area contributed by atoms with Crippen molar-refractivity contribution in [3.05, 3.63) is 0 Å². The molecule has 1 saturated heterocycles. The number of ether oxygens (including phenoxy) is 1. The molecule has 1 aliphatic heterocycles. The number of rotatable bonds is 6. The lowest BCUT2D eigenvalue weighted by molar-refractivity contribution is 0.0385. The Balaban J connectivity index is 2.32. The van der Waals surface area contributed by atoms with Crippen LogP contribution in [-0.4, -0.2) is 43.6 Å². The summed E-state index contributed by atoms with van der Waals surface area (Å²) in [5.41, 5.74) is 5.77. The van der Waals surface area contributed by atoms with Gasteiger partial charge in [-0.05, 0) is 32.1 Å². The predicted octanol–water partition coefficient (Wildman–Crippen LogP) is 0.101. The van der Waals surface area contributed by atoms with Gasteiger partial charge in [0.2, 0.25) is 0 Å². The van der Waals surface area contributed by atoms with Crippen molar-refractivity contribution in [2.45, 2.75) is 38.3 Å². The minimum Gasteiger partial charge on any atom is -0.396 e. The second-order valence-corrected chi connectivity index (χ2v) is 4.40. The lowest BCUT2D eigenvalue weighted by atomic mass is 9.93. The van der Waals surface area contributed by atoms with Gasteiger partial charge in [-0.1, -0.05) is 0 Å². The first-order valence-electron chi connectivity index (χ1n) is 5.92. The van der Waals surface area contributed by atoms with Crippen molar-refractivity contribution in [3.63, 3.8) is 0 Å². The molecule has 0 saturated carbocycles. The third-order valence-corrected chi connectivity index (χ3v) is 3.08. The number of aliphatic hydroxyl groups is 1. The molecule has 15 heavy (non-hydrogen) atoms. The molecule has 3 atom stereocenters. The number of aliphatic hydroxyl groups excluding tert-OH is 1. The molecule has 0 aromatic carbocycles. The van der Waals surface area contributed by atoms with E-state index in [1.165, 1.54) is 6.42 Å². The summed E-state index contributed by atoms with van der Waals surface area (Å²) in [6.07, 6.45) is 3.11. The monoisotopic (exact) mass is 216 g/mol. The molecule has 1 rings (SSSR count). The van der Waals surface area contributed by atoms with Crippen molar-refractivity contribution in [1.29, 1.82) is 0 Å². The number of nitrogens with two attached hydrogens (primary N) is 1. The van der Waals surface area contributed by atoms with Crippen molar-refractivity contribution in [1.82, 2.24) is 5.32 Å². The minimum atomic E-state index is 0.229. The van der Waals surface area contributed by atoms with E-state index in [0.29, 0.717) is 24.5 Å². The molecule has 1 heterocycles. The number of hydrogen-bond donors (Lipinski definition) is 3. The summed E-state index contributed by atoms with van der Waals surface area (Å²) in [4.78, 5) is 0. The first kappa shape index (κ1) is 12.9. The van der Waals surface area contributed by atoms with Gasteiger partial charge in [-0.25, -0.2) is 0 Å². The fourth-order valence-corrected chi connectivity index (χ4v) is 2.12. The Morgan fingerprint density at radius 3 is 2.93 bits per heavy atom. The number of hydrogen-bond acceptors (Lipinski definition) is 4. The Labute approximate surface area is 92.2 Å². The topological polar surface area (TPSA) is 67.5 Å². The fourth-order valence-electron chi connectivity index (χ4n) is 2.12. The predicted molar refractivity (Wildman–Crippen MR) is 60.7 cm³/mol. The van der Waals surface area contributed by atoms with Crippen LogP contribution >= 0.6 is 0 Å². The van der Waals surface area contributed by atoms with Crippen molar-refractivity contribution in [3.8, 4) is 0 Å². The van der Waals surface area contributed by atoms with Crippen molar-refractivity contribution in [2.75, 3.05) is 26.4 Å². The van der Waals surface area contributed by atoms with Gasteiger partial charge in [0.25, 0.3) is 0 Å². The van der Waals surface area contributed by atoms with Crippen LogP contribution in [0.4, 0.5) is 0 Å². The third-order valence-electron chi connectivity index (χ3n) is 3.08. The van der Waals surface area contributed by atoms with E-state index in [-0.39, 0.29) is 6.61 Å². The van der Waals surface area contributed by atoms with Gasteiger partial charge in [0.1, 0.15) is 0 Å². The molecule has 0 bridgehead atoms. The first-order chi connectivity index (χ1) is 7.27. The fraction of sp³-hybridized carbons (Fsp3) is 1.00. The van der Waals surface area contributed by atoms with Gasteiger partial charge >= 0.3 is 0 Å². The van der Waals surface area contributed by atoms with Gasteiger partial charge in [0, 0.05) is 31.8 Å². The summed E-state index contributed by atoms with van der Waals surface area (Å²) in [7, 11) is 0. The van der Waals surface area contributed by atoms with Gasteiger partial charge in [-0.2, -0.15) is 0 Å². The Morgan fingerprint density at radius 1 is 1.60 bits per heavy atom. The van der Waals surface area contributed by atoms with Gasteiger partial charge in [0.05, 0.1) is 6.61 Å². The van der Waals surface area contributed by atoms with Crippen molar-refractivity contribution >= 4 is 0 Å². The zero-order chi connectivity index (χ0) is 11.1. The second-order valence-electron chi connectivity index (χ2n) is 4.40. The minimum absolute atomic E-state index is 0.229. The SMILES string of the molecule is CC(CCO)NC(CN)C1CCCOC1. The summed E-state index contributed by atoms with van der Waals surface area (Å²) in [6, 6.07) is 0.650. The normalized spacial score (nSPS) is 26.2. The molecule has 3 unspecified atom stereocenters. The summed E-state index contributed by atoms with van der Waals surface area (Å²) in [6.45, 7) is 4.67. The summed E-state index contributed by atoms with van der Waals surface area (Å²) >= 11 is 0. The van der Waals surface area contributed by atoms with Crippen LogP contribution in [0.3, 0.4) is 0 Å². The van der Waals surface area contributed by atoms with E-state index in [0.717, 1.165) is 26.1 Å². The average molecular weight is 216 g/mol. The van der Waals surface area contributed by atoms with E-state index in [1.54, 1.807) is 0 Å². The molecule has 1 fully saturated rings. The van der Waals surface area contributed by atoms with Crippen LogP contribution in [0.2, 0.25) is 0 Å². The molecule has 0 amide bonds. The van der Waals surface area contributed by atoms with Crippen LogP contribution in [0.5, 0.6) is 0 Å². The van der Waals surface area contributed by atoms with Crippen LogP contribution in [0.15, 0.2) is 0 Å². The molecule has 1 aliphatic rings. The molecule has 4 N–H and O–H groups in total. The average Bonchev–Trinajstić information content (AvgIpc) is 2.27. The molecule has 90 valence electrons. The zero-order valence-corrected chi connectivity index (χ0v) is 9.61.